The third-order valence-electron chi connectivity index (χ3n) is 7.33. The van der Waals surface area contributed by atoms with Crippen molar-refractivity contribution in [3.63, 3.8) is 0 Å². The van der Waals surface area contributed by atoms with Crippen LogP contribution in [0.15, 0.2) is 72.8 Å². The molecule has 2 aliphatic heterocycles. The number of carbonyl (C=O) groups excluding carboxylic acids is 2. The molecule has 2 saturated heterocycles. The van der Waals surface area contributed by atoms with Gasteiger partial charge in [0, 0.05) is 67.4 Å². The zero-order valence-electron chi connectivity index (χ0n) is 20.6. The summed E-state index contributed by atoms with van der Waals surface area (Å²) in [6, 6.07) is 21.7. The first-order chi connectivity index (χ1) is 18.0. The SMILES string of the molecule is Cn1nc(-c2cccc(F)c2)c2cc(C(=O)N3CC(N[C@H]4CCN(C(=O)c5ccccc5)C4)C3)ccc21. The van der Waals surface area contributed by atoms with Crippen LogP contribution in [-0.2, 0) is 7.05 Å². The third-order valence-corrected chi connectivity index (χ3v) is 7.33. The normalized spacial score (nSPS) is 17.8. The predicted molar refractivity (Wildman–Crippen MR) is 140 cm³/mol. The van der Waals surface area contributed by atoms with E-state index in [1.165, 1.54) is 12.1 Å². The molecule has 1 atom stereocenters. The number of amides is 2. The lowest BCUT2D eigenvalue weighted by molar-refractivity contribution is 0.0553. The van der Waals surface area contributed by atoms with Gasteiger partial charge in [0.2, 0.25) is 0 Å². The van der Waals surface area contributed by atoms with E-state index in [2.05, 4.69) is 10.4 Å². The zero-order chi connectivity index (χ0) is 25.5. The van der Waals surface area contributed by atoms with Crippen molar-refractivity contribution in [2.24, 2.45) is 7.05 Å². The molecular weight excluding hydrogens is 469 g/mol. The van der Waals surface area contributed by atoms with Crippen molar-refractivity contribution in [3.05, 3.63) is 89.7 Å². The molecule has 6 rings (SSSR count). The molecular formula is C29H28FN5O2. The van der Waals surface area contributed by atoms with Crippen LogP contribution < -0.4 is 5.32 Å². The number of carbonyl (C=O) groups is 2. The molecule has 1 aromatic heterocycles. The summed E-state index contributed by atoms with van der Waals surface area (Å²) in [6.45, 7) is 2.67. The van der Waals surface area contributed by atoms with Gasteiger partial charge >= 0.3 is 0 Å². The molecule has 8 heteroatoms. The van der Waals surface area contributed by atoms with E-state index in [4.69, 9.17) is 0 Å². The number of hydrogen-bond donors (Lipinski definition) is 1. The molecule has 2 amide bonds. The molecule has 0 unspecified atom stereocenters. The zero-order valence-corrected chi connectivity index (χ0v) is 20.6. The van der Waals surface area contributed by atoms with Crippen molar-refractivity contribution in [1.29, 1.82) is 0 Å². The molecule has 0 aliphatic carbocycles. The number of likely N-dealkylation sites (tertiary alicyclic amines) is 2. The van der Waals surface area contributed by atoms with Crippen molar-refractivity contribution in [1.82, 2.24) is 24.9 Å². The molecule has 3 heterocycles. The summed E-state index contributed by atoms with van der Waals surface area (Å²) in [5.41, 5.74) is 3.53. The van der Waals surface area contributed by atoms with E-state index in [1.807, 2.05) is 71.4 Å². The fourth-order valence-corrected chi connectivity index (χ4v) is 5.36. The minimum atomic E-state index is -0.322. The van der Waals surface area contributed by atoms with Gasteiger partial charge in [-0.3, -0.25) is 14.3 Å². The van der Waals surface area contributed by atoms with Crippen LogP contribution in [0.25, 0.3) is 22.2 Å². The second-order valence-electron chi connectivity index (χ2n) is 9.89. The van der Waals surface area contributed by atoms with Crippen molar-refractivity contribution in [2.75, 3.05) is 26.2 Å². The number of aryl methyl sites for hydroxylation is 1. The van der Waals surface area contributed by atoms with Gasteiger partial charge < -0.3 is 15.1 Å². The number of fused-ring (bicyclic) bond motifs is 1. The first-order valence-corrected chi connectivity index (χ1v) is 12.6. The lowest BCUT2D eigenvalue weighted by Crippen LogP contribution is -2.62. The summed E-state index contributed by atoms with van der Waals surface area (Å²) in [7, 11) is 1.84. The fourth-order valence-electron chi connectivity index (χ4n) is 5.36. The van der Waals surface area contributed by atoms with Crippen molar-refractivity contribution < 1.29 is 14.0 Å². The molecule has 4 aromatic rings. The molecule has 7 nitrogen and oxygen atoms in total. The van der Waals surface area contributed by atoms with E-state index in [0.717, 1.165) is 29.4 Å². The number of benzene rings is 3. The largest absolute Gasteiger partial charge is 0.337 e. The predicted octanol–water partition coefficient (Wildman–Crippen LogP) is 3.71. The van der Waals surface area contributed by atoms with E-state index in [9.17, 15) is 14.0 Å². The summed E-state index contributed by atoms with van der Waals surface area (Å²) in [6.07, 6.45) is 0.906. The minimum Gasteiger partial charge on any atom is -0.337 e. The molecule has 1 N–H and O–H groups in total. The van der Waals surface area contributed by atoms with Crippen molar-refractivity contribution >= 4 is 22.7 Å². The highest BCUT2D eigenvalue weighted by molar-refractivity contribution is 6.02. The molecule has 3 aromatic carbocycles. The van der Waals surface area contributed by atoms with E-state index in [0.29, 0.717) is 36.5 Å². The van der Waals surface area contributed by atoms with Crippen LogP contribution in [0.4, 0.5) is 4.39 Å². The average Bonchev–Trinajstić information content (AvgIpc) is 3.50. The number of halogens is 1. The Morgan fingerprint density at radius 2 is 1.62 bits per heavy atom. The van der Waals surface area contributed by atoms with Crippen LogP contribution >= 0.6 is 0 Å². The standard InChI is InChI=1S/C29H28FN5O2/c1-33-26-11-10-21(15-25(26)27(32-33)20-8-5-9-22(30)14-20)29(37)35-17-24(18-35)31-23-12-13-34(16-23)28(36)19-6-3-2-4-7-19/h2-11,14-15,23-24,31H,12-13,16-18H2,1H3/t23-/m0/s1. The van der Waals surface area contributed by atoms with Gasteiger partial charge in [0.15, 0.2) is 0 Å². The third kappa shape index (κ3) is 4.49. The van der Waals surface area contributed by atoms with Crippen LogP contribution in [-0.4, -0.2) is 69.7 Å². The maximum atomic E-state index is 13.8. The molecule has 0 spiro atoms. The number of aromatic nitrogens is 2. The quantitative estimate of drug-likeness (QED) is 0.457. The Hall–Kier alpha value is -4.04. The lowest BCUT2D eigenvalue weighted by atomic mass is 10.0. The number of nitrogens with zero attached hydrogens (tertiary/aromatic N) is 4. The number of nitrogens with one attached hydrogen (secondary N) is 1. The topological polar surface area (TPSA) is 70.5 Å². The Balaban J connectivity index is 1.09. The van der Waals surface area contributed by atoms with Crippen LogP contribution in [0.2, 0.25) is 0 Å². The maximum Gasteiger partial charge on any atom is 0.253 e. The summed E-state index contributed by atoms with van der Waals surface area (Å²) in [5.74, 6) is -0.280. The maximum absolute atomic E-state index is 13.8. The van der Waals surface area contributed by atoms with Gasteiger partial charge in [0.05, 0.1) is 5.52 Å². The molecule has 37 heavy (non-hydrogen) atoms. The van der Waals surface area contributed by atoms with E-state index >= 15 is 0 Å². The van der Waals surface area contributed by atoms with Gasteiger partial charge in [-0.15, -0.1) is 0 Å². The van der Waals surface area contributed by atoms with Crippen LogP contribution in [0.5, 0.6) is 0 Å². The first kappa shape index (κ1) is 23.4. The average molecular weight is 498 g/mol. The monoisotopic (exact) mass is 497 g/mol. The Labute approximate surface area is 214 Å². The summed E-state index contributed by atoms with van der Waals surface area (Å²) >= 11 is 0. The van der Waals surface area contributed by atoms with Crippen molar-refractivity contribution in [2.45, 2.75) is 18.5 Å². The van der Waals surface area contributed by atoms with Crippen LogP contribution in [0, 0.1) is 5.82 Å². The molecule has 0 radical (unpaired) electrons. The smallest absolute Gasteiger partial charge is 0.253 e. The highest BCUT2D eigenvalue weighted by Crippen LogP contribution is 2.29. The molecule has 0 saturated carbocycles. The summed E-state index contributed by atoms with van der Waals surface area (Å²) < 4.78 is 15.6. The van der Waals surface area contributed by atoms with E-state index < -0.39 is 0 Å². The summed E-state index contributed by atoms with van der Waals surface area (Å²) in [5, 5.41) is 9.02. The Kier molecular flexibility index (Phi) is 5.96. The lowest BCUT2D eigenvalue weighted by Gasteiger charge is -2.41. The van der Waals surface area contributed by atoms with E-state index in [-0.39, 0.29) is 29.7 Å². The highest BCUT2D eigenvalue weighted by atomic mass is 19.1. The molecule has 2 fully saturated rings. The van der Waals surface area contributed by atoms with E-state index in [1.54, 1.807) is 10.7 Å². The Morgan fingerprint density at radius 1 is 0.865 bits per heavy atom. The first-order valence-electron chi connectivity index (χ1n) is 12.6. The molecule has 2 aliphatic rings. The summed E-state index contributed by atoms with van der Waals surface area (Å²) in [4.78, 5) is 29.7. The van der Waals surface area contributed by atoms with Crippen LogP contribution in [0.3, 0.4) is 0 Å². The van der Waals surface area contributed by atoms with Gasteiger partial charge in [0.25, 0.3) is 11.8 Å². The van der Waals surface area contributed by atoms with Gasteiger partial charge in [-0.1, -0.05) is 30.3 Å². The van der Waals surface area contributed by atoms with Gasteiger partial charge in [-0.05, 0) is 48.9 Å². The fraction of sp³-hybridized carbons (Fsp3) is 0.276. The Bertz CT molecular complexity index is 1480. The second-order valence-corrected chi connectivity index (χ2v) is 9.89. The van der Waals surface area contributed by atoms with Crippen molar-refractivity contribution in [3.8, 4) is 11.3 Å². The van der Waals surface area contributed by atoms with Gasteiger partial charge in [-0.2, -0.15) is 5.10 Å². The van der Waals surface area contributed by atoms with Gasteiger partial charge in [-0.25, -0.2) is 4.39 Å². The number of rotatable bonds is 5. The second kappa shape index (κ2) is 9.44. The Morgan fingerprint density at radius 3 is 2.41 bits per heavy atom. The molecule has 0 bridgehead atoms. The minimum absolute atomic E-state index is 0.0266. The number of hydrogen-bond acceptors (Lipinski definition) is 4. The highest BCUT2D eigenvalue weighted by Gasteiger charge is 2.35. The molecule has 188 valence electrons. The van der Waals surface area contributed by atoms with Gasteiger partial charge in [0.1, 0.15) is 11.5 Å². The van der Waals surface area contributed by atoms with Crippen LogP contribution in [0.1, 0.15) is 27.1 Å².